The summed E-state index contributed by atoms with van der Waals surface area (Å²) in [7, 11) is 0. The highest BCUT2D eigenvalue weighted by Crippen LogP contribution is 2.19. The van der Waals surface area contributed by atoms with Crippen LogP contribution in [0.4, 0.5) is 0 Å². The molecule has 0 aliphatic carbocycles. The van der Waals surface area contributed by atoms with Crippen molar-refractivity contribution in [2.45, 2.75) is 26.8 Å². The number of carboxylic acid groups (broad SMARTS) is 1. The first-order valence-corrected chi connectivity index (χ1v) is 9.76. The highest BCUT2D eigenvalue weighted by atomic mass is 16.5. The number of carbonyl (C=O) groups excluding carboxylic acids is 1. The number of aromatic carboxylic acids is 1. The second kappa shape index (κ2) is 9.16. The molecule has 1 aliphatic heterocycles. The highest BCUT2D eigenvalue weighted by Gasteiger charge is 2.16. The second-order valence-electron chi connectivity index (χ2n) is 7.34. The van der Waals surface area contributed by atoms with E-state index in [4.69, 9.17) is 4.74 Å². The van der Waals surface area contributed by atoms with E-state index in [0.29, 0.717) is 18.5 Å². The summed E-state index contributed by atoms with van der Waals surface area (Å²) in [5, 5.41) is 12.2. The van der Waals surface area contributed by atoms with Gasteiger partial charge in [-0.25, -0.2) is 9.78 Å². The average Bonchev–Trinajstić information content (AvgIpc) is 3.03. The van der Waals surface area contributed by atoms with Crippen molar-refractivity contribution in [1.82, 2.24) is 19.8 Å². The number of aromatic nitrogens is 2. The van der Waals surface area contributed by atoms with Crippen molar-refractivity contribution in [3.05, 3.63) is 29.6 Å². The van der Waals surface area contributed by atoms with Gasteiger partial charge < -0.3 is 19.7 Å². The Balaban J connectivity index is 1.79. The summed E-state index contributed by atoms with van der Waals surface area (Å²) in [5.74, 6) is -0.146. The Morgan fingerprint density at radius 3 is 2.68 bits per heavy atom. The number of carboxylic acids is 1. The summed E-state index contributed by atoms with van der Waals surface area (Å²) in [6.07, 6.45) is 0.596. The van der Waals surface area contributed by atoms with Crippen LogP contribution in [0.25, 0.3) is 11.0 Å². The van der Waals surface area contributed by atoms with Gasteiger partial charge in [0.05, 0.1) is 29.8 Å². The number of nitrogens with one attached hydrogen (secondary N) is 1. The lowest BCUT2D eigenvalue weighted by molar-refractivity contribution is -0.123. The van der Waals surface area contributed by atoms with Crippen LogP contribution in [0.5, 0.6) is 0 Å². The van der Waals surface area contributed by atoms with E-state index in [1.54, 1.807) is 12.1 Å². The summed E-state index contributed by atoms with van der Waals surface area (Å²) in [5.41, 5.74) is 1.82. The van der Waals surface area contributed by atoms with Crippen molar-refractivity contribution in [3.63, 3.8) is 0 Å². The van der Waals surface area contributed by atoms with Gasteiger partial charge in [0.25, 0.3) is 0 Å². The second-order valence-corrected chi connectivity index (χ2v) is 7.34. The summed E-state index contributed by atoms with van der Waals surface area (Å²) in [4.78, 5) is 30.1. The van der Waals surface area contributed by atoms with Crippen molar-refractivity contribution in [2.75, 3.05) is 39.4 Å². The van der Waals surface area contributed by atoms with Gasteiger partial charge in [0.2, 0.25) is 5.91 Å². The van der Waals surface area contributed by atoms with Crippen LogP contribution in [0.1, 0.15) is 30.0 Å². The third-order valence-corrected chi connectivity index (χ3v) is 4.99. The van der Waals surface area contributed by atoms with E-state index in [1.165, 1.54) is 0 Å². The minimum absolute atomic E-state index is 0.0177. The third-order valence-electron chi connectivity index (χ3n) is 4.99. The average molecular weight is 388 g/mol. The van der Waals surface area contributed by atoms with Gasteiger partial charge >= 0.3 is 5.97 Å². The third kappa shape index (κ3) is 4.88. The molecule has 0 spiro atoms. The van der Waals surface area contributed by atoms with Crippen LogP contribution in [0.15, 0.2) is 18.2 Å². The van der Waals surface area contributed by atoms with Gasteiger partial charge in [-0.1, -0.05) is 13.8 Å². The van der Waals surface area contributed by atoms with Crippen molar-refractivity contribution in [2.24, 2.45) is 5.92 Å². The van der Waals surface area contributed by atoms with Crippen molar-refractivity contribution in [3.8, 4) is 0 Å². The molecular formula is C20H28N4O4. The summed E-state index contributed by atoms with van der Waals surface area (Å²) >= 11 is 0. The maximum absolute atomic E-state index is 11.8. The molecular weight excluding hydrogens is 360 g/mol. The fourth-order valence-electron chi connectivity index (χ4n) is 3.32. The molecule has 1 amide bonds. The van der Waals surface area contributed by atoms with E-state index in [9.17, 15) is 14.7 Å². The number of ether oxygens (including phenoxy) is 1. The molecule has 1 aromatic carbocycles. The van der Waals surface area contributed by atoms with E-state index in [2.05, 4.69) is 19.8 Å². The number of hydrogen-bond acceptors (Lipinski definition) is 5. The molecule has 28 heavy (non-hydrogen) atoms. The van der Waals surface area contributed by atoms with Gasteiger partial charge in [0.15, 0.2) is 0 Å². The molecule has 1 saturated heterocycles. The molecule has 1 aliphatic rings. The summed E-state index contributed by atoms with van der Waals surface area (Å²) in [6.45, 7) is 9.19. The molecule has 2 aromatic rings. The molecule has 8 nitrogen and oxygen atoms in total. The molecule has 8 heteroatoms. The SMILES string of the molecule is CC(C)C(=O)NCCc1nc2cc(C(=O)O)ccc2n1CCN1CCOCC1. The Morgan fingerprint density at radius 1 is 1.25 bits per heavy atom. The van der Waals surface area contributed by atoms with E-state index in [0.717, 1.165) is 50.7 Å². The molecule has 152 valence electrons. The van der Waals surface area contributed by atoms with Crippen LogP contribution in [-0.4, -0.2) is 70.8 Å². The Bertz CT molecular complexity index is 840. The quantitative estimate of drug-likeness (QED) is 0.709. The maximum Gasteiger partial charge on any atom is 0.335 e. The van der Waals surface area contributed by atoms with Crippen molar-refractivity contribution < 1.29 is 19.4 Å². The van der Waals surface area contributed by atoms with Crippen LogP contribution in [0, 0.1) is 5.92 Å². The van der Waals surface area contributed by atoms with Crippen LogP contribution in [0.2, 0.25) is 0 Å². The van der Waals surface area contributed by atoms with Crippen LogP contribution in [0.3, 0.4) is 0 Å². The summed E-state index contributed by atoms with van der Waals surface area (Å²) < 4.78 is 7.54. The van der Waals surface area contributed by atoms with E-state index in [1.807, 2.05) is 19.9 Å². The lowest BCUT2D eigenvalue weighted by Gasteiger charge is -2.27. The Hall–Kier alpha value is -2.45. The maximum atomic E-state index is 11.8. The van der Waals surface area contributed by atoms with E-state index in [-0.39, 0.29) is 17.4 Å². The Kier molecular flexibility index (Phi) is 6.64. The van der Waals surface area contributed by atoms with Gasteiger partial charge in [-0.2, -0.15) is 0 Å². The first kappa shape index (κ1) is 20.3. The normalized spacial score (nSPS) is 15.2. The number of carbonyl (C=O) groups is 2. The Morgan fingerprint density at radius 2 is 2.00 bits per heavy atom. The van der Waals surface area contributed by atoms with Gasteiger partial charge in [-0.05, 0) is 18.2 Å². The molecule has 0 unspecified atom stereocenters. The fourth-order valence-corrected chi connectivity index (χ4v) is 3.32. The number of benzene rings is 1. The number of fused-ring (bicyclic) bond motifs is 1. The molecule has 0 radical (unpaired) electrons. The number of nitrogens with zero attached hydrogens (tertiary/aromatic N) is 3. The number of morpholine rings is 1. The van der Waals surface area contributed by atoms with Crippen LogP contribution in [-0.2, 0) is 22.5 Å². The van der Waals surface area contributed by atoms with Crippen molar-refractivity contribution in [1.29, 1.82) is 0 Å². The number of hydrogen-bond donors (Lipinski definition) is 2. The van der Waals surface area contributed by atoms with Gasteiger partial charge in [-0.3, -0.25) is 9.69 Å². The molecule has 3 rings (SSSR count). The minimum Gasteiger partial charge on any atom is -0.478 e. The molecule has 0 atom stereocenters. The van der Waals surface area contributed by atoms with Crippen molar-refractivity contribution >= 4 is 22.9 Å². The first-order valence-electron chi connectivity index (χ1n) is 9.76. The number of imidazole rings is 1. The standard InChI is InChI=1S/C20H28N4O4/c1-14(2)19(25)21-6-5-18-22-16-13-15(20(26)27)3-4-17(16)24(18)8-7-23-9-11-28-12-10-23/h3-4,13-14H,5-12H2,1-2H3,(H,21,25)(H,26,27). The minimum atomic E-state index is -0.962. The number of rotatable bonds is 8. The van der Waals surface area contributed by atoms with Gasteiger partial charge in [0, 0.05) is 45.1 Å². The molecule has 0 saturated carbocycles. The molecule has 2 heterocycles. The zero-order chi connectivity index (χ0) is 20.1. The summed E-state index contributed by atoms with van der Waals surface area (Å²) in [6, 6.07) is 5.04. The first-order chi connectivity index (χ1) is 13.5. The van der Waals surface area contributed by atoms with Crippen LogP contribution < -0.4 is 5.32 Å². The zero-order valence-electron chi connectivity index (χ0n) is 16.5. The topological polar surface area (TPSA) is 96.7 Å². The van der Waals surface area contributed by atoms with E-state index < -0.39 is 5.97 Å². The smallest absolute Gasteiger partial charge is 0.335 e. The van der Waals surface area contributed by atoms with Gasteiger partial charge in [-0.15, -0.1) is 0 Å². The predicted molar refractivity (Wildman–Crippen MR) is 106 cm³/mol. The Labute approximate surface area is 164 Å². The molecule has 1 fully saturated rings. The van der Waals surface area contributed by atoms with Gasteiger partial charge in [0.1, 0.15) is 5.82 Å². The predicted octanol–water partition coefficient (Wildman–Crippen LogP) is 1.38. The highest BCUT2D eigenvalue weighted by molar-refractivity contribution is 5.92. The van der Waals surface area contributed by atoms with Crippen LogP contribution >= 0.6 is 0 Å². The molecule has 0 bridgehead atoms. The molecule has 1 aromatic heterocycles. The fraction of sp³-hybridized carbons (Fsp3) is 0.550. The zero-order valence-corrected chi connectivity index (χ0v) is 16.5. The monoisotopic (exact) mass is 388 g/mol. The lowest BCUT2D eigenvalue weighted by Crippen LogP contribution is -2.38. The molecule has 2 N–H and O–H groups in total. The van der Waals surface area contributed by atoms with E-state index >= 15 is 0 Å². The largest absolute Gasteiger partial charge is 0.478 e. The number of amides is 1. The lowest BCUT2D eigenvalue weighted by atomic mass is 10.2.